The molecule has 0 radical (unpaired) electrons. The molecule has 1 atom stereocenters. The number of nitrogens with one attached hydrogen (secondary N) is 1. The van der Waals surface area contributed by atoms with E-state index in [4.69, 9.17) is 4.74 Å². The molecular weight excluding hydrogens is 423 g/mol. The van der Waals surface area contributed by atoms with E-state index in [2.05, 4.69) is 49.4 Å². The highest BCUT2D eigenvalue weighted by Gasteiger charge is 2.25. The monoisotopic (exact) mass is 450 g/mol. The quantitative estimate of drug-likeness (QED) is 0.651. The maximum absolute atomic E-state index is 14.3. The molecule has 5 rings (SSSR count). The average Bonchev–Trinajstić information content (AvgIpc) is 2.87. The normalized spacial score (nSPS) is 19.0. The number of aromatic nitrogens is 3. The molecule has 0 bridgehead atoms. The van der Waals surface area contributed by atoms with Crippen LogP contribution < -0.4 is 20.7 Å². The first kappa shape index (κ1) is 21.5. The predicted octanol–water partition coefficient (Wildman–Crippen LogP) is 1.97. The Hall–Kier alpha value is -3.30. The van der Waals surface area contributed by atoms with Gasteiger partial charge in [0.2, 0.25) is 5.95 Å². The van der Waals surface area contributed by atoms with Crippen LogP contribution in [0.4, 0.5) is 16.0 Å². The van der Waals surface area contributed by atoms with Crippen molar-refractivity contribution in [2.24, 2.45) is 7.05 Å². The van der Waals surface area contributed by atoms with Gasteiger partial charge in [-0.2, -0.15) is 0 Å². The summed E-state index contributed by atoms with van der Waals surface area (Å²) in [6, 6.07) is 11.6. The van der Waals surface area contributed by atoms with Crippen molar-refractivity contribution in [2.45, 2.75) is 6.04 Å². The minimum atomic E-state index is -0.497. The third kappa shape index (κ3) is 4.46. The molecule has 1 aromatic carbocycles. The van der Waals surface area contributed by atoms with E-state index in [0.717, 1.165) is 39.0 Å². The van der Waals surface area contributed by atoms with Gasteiger partial charge in [-0.3, -0.25) is 14.3 Å². The molecular formula is C24H27FN6O2. The molecule has 0 spiro atoms. The topological polar surface area (TPSA) is 75.5 Å². The van der Waals surface area contributed by atoms with Gasteiger partial charge in [-0.1, -0.05) is 12.1 Å². The Labute approximate surface area is 191 Å². The van der Waals surface area contributed by atoms with Crippen LogP contribution in [-0.2, 0) is 11.8 Å². The number of morpholine rings is 1. The molecule has 8 nitrogen and oxygen atoms in total. The maximum atomic E-state index is 14.3. The second-order valence-corrected chi connectivity index (χ2v) is 8.34. The van der Waals surface area contributed by atoms with Gasteiger partial charge in [-0.15, -0.1) is 0 Å². The SMILES string of the molecule is Cn1c(N2CCN[C@@H](c3ccc(N4CCOCC4)cc3)C2)nc(-c2ccncc2F)cc1=O. The van der Waals surface area contributed by atoms with Gasteiger partial charge in [0.1, 0.15) is 0 Å². The Kier molecular flexibility index (Phi) is 6.06. The Morgan fingerprint density at radius 1 is 1.09 bits per heavy atom. The summed E-state index contributed by atoms with van der Waals surface area (Å²) in [5.74, 6) is 0.0351. The number of anilines is 2. The molecule has 2 aliphatic rings. The zero-order chi connectivity index (χ0) is 22.8. The molecule has 2 saturated heterocycles. The molecule has 1 N–H and O–H groups in total. The van der Waals surface area contributed by atoms with E-state index in [1.807, 2.05) is 0 Å². The minimum absolute atomic E-state index is 0.0932. The molecule has 4 heterocycles. The standard InChI is InChI=1S/C24H27FN6O2/c1-29-23(32)14-21(19-6-7-26-15-20(19)25)28-24(29)31-9-8-27-22(16-31)17-2-4-18(5-3-17)30-10-12-33-13-11-30/h2-7,14-15,22,27H,8-13,16H2,1H3/t22-/m1/s1. The van der Waals surface area contributed by atoms with Gasteiger partial charge >= 0.3 is 0 Å². The first-order chi connectivity index (χ1) is 16.1. The third-order valence-electron chi connectivity index (χ3n) is 6.29. The van der Waals surface area contributed by atoms with Crippen molar-refractivity contribution in [2.75, 3.05) is 55.7 Å². The van der Waals surface area contributed by atoms with Crippen LogP contribution in [0.3, 0.4) is 0 Å². The molecule has 33 heavy (non-hydrogen) atoms. The van der Waals surface area contributed by atoms with Crippen molar-refractivity contribution in [1.29, 1.82) is 0 Å². The van der Waals surface area contributed by atoms with Gasteiger partial charge in [0.15, 0.2) is 5.82 Å². The lowest BCUT2D eigenvalue weighted by molar-refractivity contribution is 0.122. The molecule has 9 heteroatoms. The Morgan fingerprint density at radius 2 is 1.88 bits per heavy atom. The van der Waals surface area contributed by atoms with Crippen LogP contribution in [0, 0.1) is 5.82 Å². The van der Waals surface area contributed by atoms with E-state index in [-0.39, 0.29) is 17.2 Å². The van der Waals surface area contributed by atoms with E-state index < -0.39 is 5.82 Å². The van der Waals surface area contributed by atoms with Gasteiger partial charge in [-0.05, 0) is 23.8 Å². The zero-order valence-electron chi connectivity index (χ0n) is 18.6. The smallest absolute Gasteiger partial charge is 0.255 e. The van der Waals surface area contributed by atoms with Gasteiger partial charge in [0.25, 0.3) is 5.56 Å². The Morgan fingerprint density at radius 3 is 2.64 bits per heavy atom. The van der Waals surface area contributed by atoms with E-state index in [0.29, 0.717) is 24.7 Å². The minimum Gasteiger partial charge on any atom is -0.378 e. The fourth-order valence-corrected chi connectivity index (χ4v) is 4.42. The highest BCUT2D eigenvalue weighted by molar-refractivity contribution is 5.60. The van der Waals surface area contributed by atoms with Crippen LogP contribution in [-0.4, -0.2) is 60.5 Å². The van der Waals surface area contributed by atoms with E-state index >= 15 is 0 Å². The van der Waals surface area contributed by atoms with E-state index in [1.54, 1.807) is 7.05 Å². The van der Waals surface area contributed by atoms with Crippen molar-refractivity contribution in [3.8, 4) is 11.3 Å². The van der Waals surface area contributed by atoms with Gasteiger partial charge in [0, 0.05) is 69.3 Å². The van der Waals surface area contributed by atoms with Crippen LogP contribution >= 0.6 is 0 Å². The van der Waals surface area contributed by atoms with Gasteiger partial charge in [-0.25, -0.2) is 9.37 Å². The number of rotatable bonds is 4. The van der Waals surface area contributed by atoms with Crippen molar-refractivity contribution >= 4 is 11.6 Å². The fourth-order valence-electron chi connectivity index (χ4n) is 4.42. The second-order valence-electron chi connectivity index (χ2n) is 8.34. The highest BCUT2D eigenvalue weighted by Crippen LogP contribution is 2.26. The number of ether oxygens (including phenoxy) is 1. The number of pyridine rings is 1. The summed E-state index contributed by atoms with van der Waals surface area (Å²) in [6.45, 7) is 5.43. The molecule has 0 unspecified atom stereocenters. The summed E-state index contributed by atoms with van der Waals surface area (Å²) in [6.07, 6.45) is 2.63. The lowest BCUT2D eigenvalue weighted by Gasteiger charge is -2.35. The number of hydrogen-bond acceptors (Lipinski definition) is 7. The molecule has 3 aromatic rings. The van der Waals surface area contributed by atoms with Crippen molar-refractivity contribution in [3.05, 3.63) is 70.5 Å². The molecule has 2 fully saturated rings. The number of halogens is 1. The summed E-state index contributed by atoms with van der Waals surface area (Å²) < 4.78 is 21.3. The van der Waals surface area contributed by atoms with Crippen LogP contribution in [0.2, 0.25) is 0 Å². The summed E-state index contributed by atoms with van der Waals surface area (Å²) in [4.78, 5) is 25.5. The molecule has 0 saturated carbocycles. The Bertz CT molecular complexity index is 1180. The summed E-state index contributed by atoms with van der Waals surface area (Å²) in [5, 5.41) is 3.56. The van der Waals surface area contributed by atoms with Gasteiger partial charge in [0.05, 0.1) is 25.1 Å². The highest BCUT2D eigenvalue weighted by atomic mass is 19.1. The van der Waals surface area contributed by atoms with Crippen LogP contribution in [0.5, 0.6) is 0 Å². The second kappa shape index (κ2) is 9.29. The van der Waals surface area contributed by atoms with Crippen LogP contribution in [0.1, 0.15) is 11.6 Å². The lowest BCUT2D eigenvalue weighted by Crippen LogP contribution is -2.47. The first-order valence-electron chi connectivity index (χ1n) is 11.2. The Balaban J connectivity index is 1.39. The molecule has 2 aromatic heterocycles. The third-order valence-corrected chi connectivity index (χ3v) is 6.29. The zero-order valence-corrected chi connectivity index (χ0v) is 18.6. The van der Waals surface area contributed by atoms with E-state index in [9.17, 15) is 9.18 Å². The average molecular weight is 451 g/mol. The van der Waals surface area contributed by atoms with Crippen LogP contribution in [0.15, 0.2) is 53.6 Å². The fraction of sp³-hybridized carbons (Fsp3) is 0.375. The molecule has 0 aliphatic carbocycles. The largest absolute Gasteiger partial charge is 0.378 e. The lowest BCUT2D eigenvalue weighted by atomic mass is 10.0. The van der Waals surface area contributed by atoms with Crippen molar-refractivity contribution < 1.29 is 9.13 Å². The molecule has 2 aliphatic heterocycles. The number of nitrogens with zero attached hydrogens (tertiary/aromatic N) is 5. The number of benzene rings is 1. The summed E-state index contributed by atoms with van der Waals surface area (Å²) in [7, 11) is 1.70. The maximum Gasteiger partial charge on any atom is 0.255 e. The van der Waals surface area contributed by atoms with Crippen molar-refractivity contribution in [3.63, 3.8) is 0 Å². The van der Waals surface area contributed by atoms with Gasteiger partial charge < -0.3 is 19.9 Å². The number of piperazine rings is 1. The predicted molar refractivity (Wildman–Crippen MR) is 125 cm³/mol. The molecule has 0 amide bonds. The first-order valence-corrected chi connectivity index (χ1v) is 11.2. The summed E-state index contributed by atoms with van der Waals surface area (Å²) in [5.41, 5.74) is 2.74. The van der Waals surface area contributed by atoms with Crippen molar-refractivity contribution in [1.82, 2.24) is 19.9 Å². The van der Waals surface area contributed by atoms with E-state index in [1.165, 1.54) is 34.1 Å². The summed E-state index contributed by atoms with van der Waals surface area (Å²) >= 11 is 0. The molecule has 172 valence electrons. The van der Waals surface area contributed by atoms with Crippen LogP contribution in [0.25, 0.3) is 11.3 Å². The number of hydrogen-bond donors (Lipinski definition) is 1.